The smallest absolute Gasteiger partial charge is 0.279 e. The molecule has 14 heteroatoms. The number of rotatable bonds is 10. The molecule has 222 valence electrons. The fourth-order valence-electron chi connectivity index (χ4n) is 5.02. The summed E-state index contributed by atoms with van der Waals surface area (Å²) in [5.74, 6) is 0.575. The minimum Gasteiger partial charge on any atom is -0.493 e. The molecule has 0 aliphatic carbocycles. The van der Waals surface area contributed by atoms with Gasteiger partial charge in [-0.25, -0.2) is 13.4 Å². The first-order chi connectivity index (χ1) is 20.1. The van der Waals surface area contributed by atoms with Crippen molar-refractivity contribution in [3.63, 3.8) is 0 Å². The molecular weight excluding hydrogens is 562 g/mol. The second-order valence-electron chi connectivity index (χ2n) is 10.2. The second-order valence-corrected chi connectivity index (χ2v) is 12.1. The number of fused-ring (bicyclic) bond motifs is 1. The lowest BCUT2D eigenvalue weighted by Gasteiger charge is -2.31. The summed E-state index contributed by atoms with van der Waals surface area (Å²) in [6.45, 7) is 6.49. The molecule has 0 saturated carbocycles. The highest BCUT2D eigenvalue weighted by atomic mass is 32.2. The van der Waals surface area contributed by atoms with Gasteiger partial charge in [0.25, 0.3) is 11.2 Å². The molecule has 13 nitrogen and oxygen atoms in total. The zero-order chi connectivity index (χ0) is 30.0. The third-order valence-electron chi connectivity index (χ3n) is 7.27. The number of sulfonamides is 1. The molecule has 0 spiro atoms. The predicted octanol–water partition coefficient (Wildman–Crippen LogP) is 3.03. The van der Waals surface area contributed by atoms with Crippen LogP contribution in [-0.2, 0) is 23.0 Å². The van der Waals surface area contributed by atoms with Gasteiger partial charge in [-0.05, 0) is 44.2 Å². The van der Waals surface area contributed by atoms with Gasteiger partial charge in [-0.2, -0.15) is 9.40 Å². The monoisotopic (exact) mass is 595 g/mol. The molecule has 1 aliphatic heterocycles. The van der Waals surface area contributed by atoms with Crippen LogP contribution in [0.15, 0.2) is 52.2 Å². The maximum Gasteiger partial charge on any atom is 0.279 e. The van der Waals surface area contributed by atoms with Crippen LogP contribution in [0.2, 0.25) is 0 Å². The van der Waals surface area contributed by atoms with Crippen molar-refractivity contribution < 1.29 is 18.1 Å². The van der Waals surface area contributed by atoms with E-state index in [1.807, 2.05) is 20.9 Å². The Hall–Kier alpha value is -4.14. The van der Waals surface area contributed by atoms with Gasteiger partial charge in [0.2, 0.25) is 10.0 Å². The molecule has 0 unspecified atom stereocenters. The molecule has 3 heterocycles. The summed E-state index contributed by atoms with van der Waals surface area (Å²) in [7, 11) is -1.83. The molecule has 0 bridgehead atoms. The number of aryl methyl sites for hydroxylation is 1. The number of nitro benzene ring substituents is 1. The number of nitrogens with one attached hydrogen (secondary N) is 1. The number of aromatic amines is 1. The summed E-state index contributed by atoms with van der Waals surface area (Å²) in [6, 6.07) is 10.8. The Morgan fingerprint density at radius 1 is 1.05 bits per heavy atom. The van der Waals surface area contributed by atoms with Crippen LogP contribution in [-0.4, -0.2) is 82.1 Å². The summed E-state index contributed by atoms with van der Waals surface area (Å²) in [6.07, 6.45) is 1.34. The first kappa shape index (κ1) is 29.4. The molecule has 1 N–H and O–H groups in total. The number of likely N-dealkylation sites (N-methyl/N-ethyl adjacent to an activating group) is 1. The molecule has 0 amide bonds. The minimum atomic E-state index is -3.78. The van der Waals surface area contributed by atoms with E-state index in [2.05, 4.69) is 15.0 Å². The normalized spacial score (nSPS) is 14.8. The first-order valence-corrected chi connectivity index (χ1v) is 15.2. The number of nitrogens with zero attached hydrogens (tertiary/aromatic N) is 6. The predicted molar refractivity (Wildman–Crippen MR) is 157 cm³/mol. The van der Waals surface area contributed by atoms with Crippen molar-refractivity contribution in [3.05, 3.63) is 74.2 Å². The lowest BCUT2D eigenvalue weighted by Crippen LogP contribution is -2.47. The van der Waals surface area contributed by atoms with Crippen LogP contribution in [0.1, 0.15) is 31.5 Å². The van der Waals surface area contributed by atoms with Gasteiger partial charge in [-0.1, -0.05) is 25.5 Å². The highest BCUT2D eigenvalue weighted by Crippen LogP contribution is 2.32. The van der Waals surface area contributed by atoms with Gasteiger partial charge in [0, 0.05) is 38.3 Å². The number of piperazine rings is 1. The molecule has 1 saturated heterocycles. The molecule has 4 aromatic rings. The van der Waals surface area contributed by atoms with Crippen LogP contribution in [0.3, 0.4) is 0 Å². The van der Waals surface area contributed by atoms with Gasteiger partial charge < -0.3 is 14.6 Å². The van der Waals surface area contributed by atoms with Crippen LogP contribution in [0.4, 0.5) is 5.69 Å². The van der Waals surface area contributed by atoms with Crippen LogP contribution in [0.5, 0.6) is 5.75 Å². The molecule has 0 radical (unpaired) electrons. The summed E-state index contributed by atoms with van der Waals surface area (Å²) >= 11 is 0. The lowest BCUT2D eigenvalue weighted by molar-refractivity contribution is -0.384. The largest absolute Gasteiger partial charge is 0.493 e. The zero-order valence-corrected chi connectivity index (χ0v) is 24.6. The van der Waals surface area contributed by atoms with Crippen molar-refractivity contribution in [2.24, 2.45) is 0 Å². The number of aromatic nitrogens is 4. The molecule has 5 rings (SSSR count). The van der Waals surface area contributed by atoms with Gasteiger partial charge in [0.05, 0.1) is 34.2 Å². The topological polar surface area (TPSA) is 157 Å². The van der Waals surface area contributed by atoms with Crippen LogP contribution >= 0.6 is 0 Å². The van der Waals surface area contributed by atoms with Crippen LogP contribution in [0.25, 0.3) is 22.4 Å². The average molecular weight is 596 g/mol. The summed E-state index contributed by atoms with van der Waals surface area (Å²) < 4.78 is 36.0. The van der Waals surface area contributed by atoms with Crippen LogP contribution in [0, 0.1) is 10.1 Å². The number of benzene rings is 2. The van der Waals surface area contributed by atoms with Crippen molar-refractivity contribution >= 4 is 26.7 Å². The van der Waals surface area contributed by atoms with Crippen molar-refractivity contribution in [3.8, 4) is 17.1 Å². The fourth-order valence-corrected chi connectivity index (χ4v) is 6.47. The summed E-state index contributed by atoms with van der Waals surface area (Å²) in [4.78, 5) is 33.7. The highest BCUT2D eigenvalue weighted by Gasteiger charge is 2.29. The van der Waals surface area contributed by atoms with Gasteiger partial charge in [-0.15, -0.1) is 0 Å². The first-order valence-electron chi connectivity index (χ1n) is 13.8. The van der Waals surface area contributed by atoms with E-state index in [0.717, 1.165) is 17.7 Å². The summed E-state index contributed by atoms with van der Waals surface area (Å²) in [5, 5.41) is 15.6. The number of hydrogen-bond donors (Lipinski definition) is 1. The fraction of sp³-hybridized carbons (Fsp3) is 0.393. The molecule has 0 atom stereocenters. The van der Waals surface area contributed by atoms with Gasteiger partial charge in [0.15, 0.2) is 5.52 Å². The van der Waals surface area contributed by atoms with E-state index in [1.165, 1.54) is 28.6 Å². The summed E-state index contributed by atoms with van der Waals surface area (Å²) in [5.41, 5.74) is 1.96. The number of nitro groups is 1. The quantitative estimate of drug-likeness (QED) is 0.215. The Morgan fingerprint density at radius 3 is 2.40 bits per heavy atom. The van der Waals surface area contributed by atoms with E-state index in [0.29, 0.717) is 62.6 Å². The van der Waals surface area contributed by atoms with Crippen molar-refractivity contribution in [2.45, 2.75) is 38.1 Å². The van der Waals surface area contributed by atoms with E-state index in [-0.39, 0.29) is 21.9 Å². The third kappa shape index (κ3) is 5.78. The maximum absolute atomic E-state index is 13.5. The SMILES string of the molecule is CCCc1c2nc(-c3cc(S(=O)(=O)N4CCN(C)CC4)ccc3OCC)[nH]c(=O)c2nn1Cc1ccc([N+](=O)[O-])cc1. The Labute approximate surface area is 242 Å². The Morgan fingerprint density at radius 2 is 1.76 bits per heavy atom. The van der Waals surface area contributed by atoms with Crippen LogP contribution < -0.4 is 10.3 Å². The van der Waals surface area contributed by atoms with Gasteiger partial charge in [0.1, 0.15) is 17.1 Å². The maximum atomic E-state index is 13.5. The zero-order valence-electron chi connectivity index (χ0n) is 23.7. The number of H-pyrrole nitrogens is 1. The van der Waals surface area contributed by atoms with Gasteiger partial charge in [-0.3, -0.25) is 19.6 Å². The average Bonchev–Trinajstić information content (AvgIpc) is 3.31. The molecule has 42 heavy (non-hydrogen) atoms. The molecule has 1 fully saturated rings. The minimum absolute atomic E-state index is 0.0112. The molecule has 2 aromatic carbocycles. The Kier molecular flexibility index (Phi) is 8.38. The number of ether oxygens (including phenoxy) is 1. The second kappa shape index (κ2) is 12.0. The Bertz CT molecular complexity index is 1780. The number of non-ortho nitro benzene ring substituents is 1. The third-order valence-corrected chi connectivity index (χ3v) is 9.17. The standard InChI is InChI=1S/C28H33N7O6S/c1-4-6-23-25-26(31-34(23)18-19-7-9-20(10-8-19)35(37)38)28(36)30-27(29-25)22-17-21(11-12-24(22)41-5-2)42(39,40)33-15-13-32(3)14-16-33/h7-12,17H,4-6,13-16,18H2,1-3H3,(H,29,30,36). The van der Waals surface area contributed by atoms with Crippen molar-refractivity contribution in [2.75, 3.05) is 39.8 Å². The molecule has 1 aliphatic rings. The number of hydrogen-bond acceptors (Lipinski definition) is 9. The molecule has 2 aromatic heterocycles. The van der Waals surface area contributed by atoms with E-state index in [9.17, 15) is 23.3 Å². The van der Waals surface area contributed by atoms with E-state index >= 15 is 0 Å². The van der Waals surface area contributed by atoms with Gasteiger partial charge >= 0.3 is 0 Å². The van der Waals surface area contributed by atoms with E-state index < -0.39 is 20.5 Å². The van der Waals surface area contributed by atoms with E-state index in [1.54, 1.807) is 22.9 Å². The lowest BCUT2D eigenvalue weighted by atomic mass is 10.1. The molecular formula is C28H33N7O6S. The highest BCUT2D eigenvalue weighted by molar-refractivity contribution is 7.89. The van der Waals surface area contributed by atoms with E-state index in [4.69, 9.17) is 9.72 Å². The Balaban J connectivity index is 1.59. The van der Waals surface area contributed by atoms with Crippen molar-refractivity contribution in [1.82, 2.24) is 29.0 Å². The van der Waals surface area contributed by atoms with Crippen molar-refractivity contribution in [1.29, 1.82) is 0 Å².